The first kappa shape index (κ1) is 71.1. The van der Waals surface area contributed by atoms with Crippen LogP contribution >= 0.6 is 0 Å². The predicted molar refractivity (Wildman–Crippen MR) is 325 cm³/mol. The fourth-order valence-corrected chi connectivity index (χ4v) is 8.56. The summed E-state index contributed by atoms with van der Waals surface area (Å²) < 4.78 is 16.8. The van der Waals surface area contributed by atoms with E-state index in [4.69, 9.17) is 14.2 Å². The van der Waals surface area contributed by atoms with Crippen molar-refractivity contribution in [1.29, 1.82) is 0 Å². The summed E-state index contributed by atoms with van der Waals surface area (Å²) in [7, 11) is 0. The second-order valence-corrected chi connectivity index (χ2v) is 20.6. The minimum absolute atomic E-state index is 0.111. The van der Waals surface area contributed by atoms with E-state index in [2.05, 4.69) is 118 Å². The SMILES string of the molecule is CC/C=C\C/C=C\C/C=C\C/C=C\CCC(=O)OC(COC(=O)CCCCCCC/C=C\C/C=C\CCC)COC(=O)CCCCCCCCCCCCCCCCCC/C=C\C/C=C\C/C=C\CCCCCCC. The van der Waals surface area contributed by atoms with Crippen molar-refractivity contribution in [3.05, 3.63) is 109 Å². The van der Waals surface area contributed by atoms with Gasteiger partial charge in [0.15, 0.2) is 6.10 Å². The van der Waals surface area contributed by atoms with Gasteiger partial charge in [0.05, 0.1) is 0 Å². The van der Waals surface area contributed by atoms with Crippen LogP contribution < -0.4 is 0 Å². The highest BCUT2D eigenvalue weighted by Crippen LogP contribution is 2.16. The summed E-state index contributed by atoms with van der Waals surface area (Å²) in [6.45, 7) is 6.38. The summed E-state index contributed by atoms with van der Waals surface area (Å²) >= 11 is 0. The van der Waals surface area contributed by atoms with E-state index in [-0.39, 0.29) is 31.6 Å². The van der Waals surface area contributed by atoms with Crippen LogP contribution in [0.15, 0.2) is 109 Å². The highest BCUT2D eigenvalue weighted by molar-refractivity contribution is 5.71. The molecule has 0 aromatic carbocycles. The Kier molecular flexibility index (Phi) is 59.3. The van der Waals surface area contributed by atoms with Crippen molar-refractivity contribution in [1.82, 2.24) is 0 Å². The Morgan fingerprint density at radius 3 is 0.920 bits per heavy atom. The molecule has 6 heteroatoms. The molecule has 0 N–H and O–H groups in total. The van der Waals surface area contributed by atoms with Crippen molar-refractivity contribution in [3.63, 3.8) is 0 Å². The predicted octanol–water partition coefficient (Wildman–Crippen LogP) is 21.4. The van der Waals surface area contributed by atoms with Crippen molar-refractivity contribution >= 4 is 17.9 Å². The second-order valence-electron chi connectivity index (χ2n) is 20.6. The largest absolute Gasteiger partial charge is 0.462 e. The number of carbonyl (C=O) groups excluding carboxylic acids is 3. The number of unbranched alkanes of at least 4 members (excludes halogenated alkanes) is 27. The van der Waals surface area contributed by atoms with Crippen LogP contribution in [0, 0.1) is 0 Å². The molecule has 0 heterocycles. The maximum Gasteiger partial charge on any atom is 0.306 e. The molecule has 0 aromatic heterocycles. The van der Waals surface area contributed by atoms with Crippen molar-refractivity contribution in [2.75, 3.05) is 13.2 Å². The minimum atomic E-state index is -0.823. The molecule has 0 spiro atoms. The molecule has 6 nitrogen and oxygen atoms in total. The third-order valence-corrected chi connectivity index (χ3v) is 13.2. The summed E-state index contributed by atoms with van der Waals surface area (Å²) in [6.07, 6.45) is 85.6. The average Bonchev–Trinajstić information content (AvgIpc) is 3.41. The first-order chi connectivity index (χ1) is 37.0. The van der Waals surface area contributed by atoms with Gasteiger partial charge in [0.2, 0.25) is 0 Å². The van der Waals surface area contributed by atoms with Gasteiger partial charge in [0.1, 0.15) is 13.2 Å². The van der Waals surface area contributed by atoms with Crippen LogP contribution in [0.2, 0.25) is 0 Å². The van der Waals surface area contributed by atoms with Crippen molar-refractivity contribution in [3.8, 4) is 0 Å². The molecule has 0 aromatic rings. The van der Waals surface area contributed by atoms with Gasteiger partial charge in [-0.15, -0.1) is 0 Å². The van der Waals surface area contributed by atoms with Crippen LogP contribution in [0.1, 0.15) is 290 Å². The van der Waals surface area contributed by atoms with Crippen LogP contribution in [0.5, 0.6) is 0 Å². The van der Waals surface area contributed by atoms with Crippen LogP contribution in [-0.4, -0.2) is 37.2 Å². The van der Waals surface area contributed by atoms with Crippen molar-refractivity contribution < 1.29 is 28.6 Å². The molecule has 0 aliphatic carbocycles. The Morgan fingerprint density at radius 1 is 0.280 bits per heavy atom. The molecule has 0 radical (unpaired) electrons. The Labute approximate surface area is 463 Å². The van der Waals surface area contributed by atoms with E-state index in [1.807, 2.05) is 12.2 Å². The zero-order valence-electron chi connectivity index (χ0n) is 49.0. The Bertz CT molecular complexity index is 1520. The first-order valence-electron chi connectivity index (χ1n) is 31.4. The minimum Gasteiger partial charge on any atom is -0.462 e. The van der Waals surface area contributed by atoms with E-state index in [9.17, 15) is 14.4 Å². The maximum absolute atomic E-state index is 12.8. The summed E-state index contributed by atoms with van der Waals surface area (Å²) in [5.41, 5.74) is 0. The van der Waals surface area contributed by atoms with E-state index < -0.39 is 12.1 Å². The zero-order valence-corrected chi connectivity index (χ0v) is 49.0. The zero-order chi connectivity index (χ0) is 54.3. The molecule has 0 saturated carbocycles. The van der Waals surface area contributed by atoms with Crippen LogP contribution in [0.3, 0.4) is 0 Å². The van der Waals surface area contributed by atoms with E-state index in [0.29, 0.717) is 19.3 Å². The molecule has 0 fully saturated rings. The molecule has 0 bridgehead atoms. The Hall–Kier alpha value is -3.93. The van der Waals surface area contributed by atoms with Gasteiger partial charge in [-0.25, -0.2) is 0 Å². The lowest BCUT2D eigenvalue weighted by molar-refractivity contribution is -0.166. The molecule has 0 aliphatic rings. The fourth-order valence-electron chi connectivity index (χ4n) is 8.56. The van der Waals surface area contributed by atoms with E-state index >= 15 is 0 Å². The molecule has 0 aliphatic heterocycles. The first-order valence-corrected chi connectivity index (χ1v) is 31.4. The third-order valence-electron chi connectivity index (χ3n) is 13.2. The molecular formula is C69H116O6. The van der Waals surface area contributed by atoms with Gasteiger partial charge in [-0.2, -0.15) is 0 Å². The Morgan fingerprint density at radius 2 is 0.573 bits per heavy atom. The summed E-state index contributed by atoms with van der Waals surface area (Å²) in [6, 6.07) is 0. The summed E-state index contributed by atoms with van der Waals surface area (Å²) in [5, 5.41) is 0. The molecule has 0 saturated heterocycles. The molecule has 0 amide bonds. The van der Waals surface area contributed by atoms with Gasteiger partial charge in [-0.05, 0) is 109 Å². The topological polar surface area (TPSA) is 78.9 Å². The molecule has 0 rings (SSSR count). The summed E-state index contributed by atoms with van der Waals surface area (Å²) in [4.78, 5) is 38.1. The standard InChI is InChI=1S/C69H116O6/c1-4-7-10-13-16-19-22-25-26-27-28-29-30-31-32-33-34-35-36-37-38-39-40-41-42-45-47-50-53-56-59-62-68(71)74-65-66(75-69(72)63-60-57-54-51-48-44-24-21-18-15-12-9-6-3)64-73-67(70)61-58-55-52-49-46-43-23-20-17-14-11-8-5-2/h9,11-12,14,18,20-23,25,27-28,30-31,44,48,54,57,66H,4-8,10,13,15-17,19,24,26,29,32-43,45-47,49-53,55-56,58-65H2,1-3H3/b12-9-,14-11-,21-18-,23-20-,25-22-,28-27-,31-30-,48-44-,57-54-. The number of ether oxygens (including phenoxy) is 3. The van der Waals surface area contributed by atoms with Gasteiger partial charge < -0.3 is 14.2 Å². The lowest BCUT2D eigenvalue weighted by Crippen LogP contribution is -2.30. The third kappa shape index (κ3) is 60.8. The number of allylic oxidation sites excluding steroid dienone is 18. The highest BCUT2D eigenvalue weighted by atomic mass is 16.6. The van der Waals surface area contributed by atoms with E-state index in [0.717, 1.165) is 109 Å². The smallest absolute Gasteiger partial charge is 0.306 e. The second kappa shape index (κ2) is 62.6. The van der Waals surface area contributed by atoms with E-state index in [1.54, 1.807) is 0 Å². The molecule has 75 heavy (non-hydrogen) atoms. The van der Waals surface area contributed by atoms with Crippen LogP contribution in [0.25, 0.3) is 0 Å². The van der Waals surface area contributed by atoms with Gasteiger partial charge in [-0.3, -0.25) is 14.4 Å². The normalized spacial score (nSPS) is 12.8. The Balaban J connectivity index is 4.20. The van der Waals surface area contributed by atoms with Gasteiger partial charge in [-0.1, -0.05) is 271 Å². The molecule has 1 atom stereocenters. The maximum atomic E-state index is 12.8. The number of hydrogen-bond donors (Lipinski definition) is 0. The number of rotatable bonds is 56. The van der Waals surface area contributed by atoms with Gasteiger partial charge in [0, 0.05) is 19.3 Å². The fraction of sp³-hybridized carbons (Fsp3) is 0.696. The highest BCUT2D eigenvalue weighted by Gasteiger charge is 2.19. The number of esters is 3. The van der Waals surface area contributed by atoms with Gasteiger partial charge >= 0.3 is 17.9 Å². The van der Waals surface area contributed by atoms with Gasteiger partial charge in [0.25, 0.3) is 0 Å². The quantitative estimate of drug-likeness (QED) is 0.0261. The lowest BCUT2D eigenvalue weighted by Gasteiger charge is -2.18. The average molecular weight is 1040 g/mol. The number of carbonyl (C=O) groups is 3. The van der Waals surface area contributed by atoms with E-state index in [1.165, 1.54) is 135 Å². The molecular weight excluding hydrogens is 925 g/mol. The monoisotopic (exact) mass is 1040 g/mol. The number of hydrogen-bond acceptors (Lipinski definition) is 6. The van der Waals surface area contributed by atoms with Crippen LogP contribution in [-0.2, 0) is 28.6 Å². The lowest BCUT2D eigenvalue weighted by atomic mass is 10.0. The molecule has 428 valence electrons. The van der Waals surface area contributed by atoms with Crippen molar-refractivity contribution in [2.24, 2.45) is 0 Å². The van der Waals surface area contributed by atoms with Crippen LogP contribution in [0.4, 0.5) is 0 Å². The summed E-state index contributed by atoms with van der Waals surface area (Å²) in [5.74, 6) is -1.01. The molecule has 1 unspecified atom stereocenters. The van der Waals surface area contributed by atoms with Crippen molar-refractivity contribution in [2.45, 2.75) is 297 Å².